The Balaban J connectivity index is 1.95. The van der Waals surface area contributed by atoms with Gasteiger partial charge in [0.2, 0.25) is 0 Å². The largest absolute Gasteiger partial charge is 0.462 e. The van der Waals surface area contributed by atoms with Crippen LogP contribution in [0.1, 0.15) is 57.8 Å². The van der Waals surface area contributed by atoms with Gasteiger partial charge in [-0.1, -0.05) is 37.1 Å². The Bertz CT molecular complexity index is 830. The third-order valence-electron chi connectivity index (χ3n) is 4.77. The van der Waals surface area contributed by atoms with Gasteiger partial charge in [0.15, 0.2) is 0 Å². The fourth-order valence-corrected chi connectivity index (χ4v) is 4.89. The smallest absolute Gasteiger partial charge is 0.341 e. The molecule has 1 atom stereocenters. The van der Waals surface area contributed by atoms with Gasteiger partial charge in [-0.15, -0.1) is 11.3 Å². The number of anilines is 1. The first-order chi connectivity index (χ1) is 12.5. The number of ether oxygens (including phenoxy) is 1. The molecule has 0 fully saturated rings. The summed E-state index contributed by atoms with van der Waals surface area (Å²) >= 11 is 7.62. The molecule has 2 aromatic rings. The molecule has 6 heteroatoms. The Labute approximate surface area is 162 Å². The minimum Gasteiger partial charge on any atom is -0.462 e. The SMILES string of the molecule is CCOC(=O)c1c(NC(=O)c2ccccc2Cl)sc2c1CC[C@@H](CC)C2. The number of hydrogen-bond acceptors (Lipinski definition) is 4. The Morgan fingerprint density at radius 2 is 2.08 bits per heavy atom. The van der Waals surface area contributed by atoms with Crippen molar-refractivity contribution in [3.05, 3.63) is 50.9 Å². The quantitative estimate of drug-likeness (QED) is 0.699. The normalized spacial score (nSPS) is 16.0. The van der Waals surface area contributed by atoms with E-state index >= 15 is 0 Å². The van der Waals surface area contributed by atoms with Gasteiger partial charge in [0, 0.05) is 4.88 Å². The van der Waals surface area contributed by atoms with Crippen LogP contribution in [-0.4, -0.2) is 18.5 Å². The summed E-state index contributed by atoms with van der Waals surface area (Å²) in [6.07, 6.45) is 3.98. The summed E-state index contributed by atoms with van der Waals surface area (Å²) in [5.74, 6) is -0.0514. The zero-order chi connectivity index (χ0) is 18.7. The standard InChI is InChI=1S/C20H22ClNO3S/c1-3-12-9-10-14-16(11-12)26-19(17(14)20(24)25-4-2)22-18(23)13-7-5-6-8-15(13)21/h5-8,12H,3-4,9-11H2,1-2H3,(H,22,23)/t12-/m1/s1. The van der Waals surface area contributed by atoms with Crippen molar-refractivity contribution in [3.63, 3.8) is 0 Å². The monoisotopic (exact) mass is 391 g/mol. The van der Waals surface area contributed by atoms with Gasteiger partial charge in [-0.3, -0.25) is 4.79 Å². The highest BCUT2D eigenvalue weighted by molar-refractivity contribution is 7.17. The van der Waals surface area contributed by atoms with E-state index in [1.807, 2.05) is 0 Å². The van der Waals surface area contributed by atoms with Crippen LogP contribution in [0.4, 0.5) is 5.00 Å². The summed E-state index contributed by atoms with van der Waals surface area (Å²) in [6.45, 7) is 4.28. The van der Waals surface area contributed by atoms with E-state index in [-0.39, 0.29) is 11.9 Å². The fraction of sp³-hybridized carbons (Fsp3) is 0.400. The molecule has 4 nitrogen and oxygen atoms in total. The summed E-state index contributed by atoms with van der Waals surface area (Å²) in [4.78, 5) is 26.4. The van der Waals surface area contributed by atoms with Gasteiger partial charge < -0.3 is 10.1 Å². The number of amides is 1. The molecule has 1 N–H and O–H groups in total. The number of thiophene rings is 1. The zero-order valence-corrected chi connectivity index (χ0v) is 16.5. The summed E-state index contributed by atoms with van der Waals surface area (Å²) in [6, 6.07) is 6.88. The van der Waals surface area contributed by atoms with Crippen LogP contribution in [0.25, 0.3) is 0 Å². The lowest BCUT2D eigenvalue weighted by Crippen LogP contribution is -2.17. The molecular formula is C20H22ClNO3S. The predicted octanol–water partition coefficient (Wildman–Crippen LogP) is 5.35. The van der Waals surface area contributed by atoms with Crippen LogP contribution in [0.5, 0.6) is 0 Å². The van der Waals surface area contributed by atoms with E-state index < -0.39 is 0 Å². The van der Waals surface area contributed by atoms with Crippen molar-refractivity contribution < 1.29 is 14.3 Å². The highest BCUT2D eigenvalue weighted by Crippen LogP contribution is 2.41. The van der Waals surface area contributed by atoms with Crippen LogP contribution in [-0.2, 0) is 17.6 Å². The Morgan fingerprint density at radius 1 is 1.31 bits per heavy atom. The zero-order valence-electron chi connectivity index (χ0n) is 14.9. The van der Waals surface area contributed by atoms with E-state index in [1.165, 1.54) is 16.2 Å². The molecular weight excluding hydrogens is 370 g/mol. The van der Waals surface area contributed by atoms with Crippen molar-refractivity contribution >= 4 is 39.8 Å². The van der Waals surface area contributed by atoms with Gasteiger partial charge >= 0.3 is 5.97 Å². The molecule has 1 amide bonds. The highest BCUT2D eigenvalue weighted by atomic mass is 35.5. The topological polar surface area (TPSA) is 55.4 Å². The van der Waals surface area contributed by atoms with Crippen LogP contribution in [0.15, 0.2) is 24.3 Å². The third kappa shape index (κ3) is 3.79. The van der Waals surface area contributed by atoms with Gasteiger partial charge in [0.05, 0.1) is 22.8 Å². The van der Waals surface area contributed by atoms with Crippen molar-refractivity contribution in [2.24, 2.45) is 5.92 Å². The van der Waals surface area contributed by atoms with E-state index in [2.05, 4.69) is 12.2 Å². The van der Waals surface area contributed by atoms with Crippen molar-refractivity contribution in [1.29, 1.82) is 0 Å². The van der Waals surface area contributed by atoms with Crippen molar-refractivity contribution in [1.82, 2.24) is 0 Å². The molecule has 0 aliphatic heterocycles. The Morgan fingerprint density at radius 3 is 2.77 bits per heavy atom. The molecule has 1 aliphatic carbocycles. The van der Waals surface area contributed by atoms with Crippen molar-refractivity contribution in [2.45, 2.75) is 39.5 Å². The third-order valence-corrected chi connectivity index (χ3v) is 6.27. The molecule has 1 aromatic carbocycles. The minimum absolute atomic E-state index is 0.305. The summed E-state index contributed by atoms with van der Waals surface area (Å²) in [7, 11) is 0. The van der Waals surface area contributed by atoms with E-state index in [1.54, 1.807) is 31.2 Å². The molecule has 0 saturated heterocycles. The lowest BCUT2D eigenvalue weighted by atomic mass is 9.85. The Kier molecular flexibility index (Phi) is 5.99. The summed E-state index contributed by atoms with van der Waals surface area (Å²) in [5.41, 5.74) is 1.94. The average molecular weight is 392 g/mol. The molecule has 26 heavy (non-hydrogen) atoms. The molecule has 0 unspecified atom stereocenters. The summed E-state index contributed by atoms with van der Waals surface area (Å²) < 4.78 is 5.25. The maximum atomic E-state index is 12.7. The number of carbonyl (C=O) groups is 2. The number of carbonyl (C=O) groups excluding carboxylic acids is 2. The lowest BCUT2D eigenvalue weighted by molar-refractivity contribution is 0.0526. The van der Waals surface area contributed by atoms with Gasteiger partial charge in [-0.25, -0.2) is 4.79 Å². The Hall–Kier alpha value is -1.85. The average Bonchev–Trinajstić information content (AvgIpc) is 2.98. The number of fused-ring (bicyclic) bond motifs is 1. The lowest BCUT2D eigenvalue weighted by Gasteiger charge is -2.20. The molecule has 138 valence electrons. The second-order valence-electron chi connectivity index (χ2n) is 6.38. The van der Waals surface area contributed by atoms with Gasteiger partial charge in [0.25, 0.3) is 5.91 Å². The second kappa shape index (κ2) is 8.23. The van der Waals surface area contributed by atoms with Crippen molar-refractivity contribution in [3.8, 4) is 0 Å². The van der Waals surface area contributed by atoms with Gasteiger partial charge in [0.1, 0.15) is 5.00 Å². The molecule has 3 rings (SSSR count). The van der Waals surface area contributed by atoms with Crippen LogP contribution in [0, 0.1) is 5.92 Å². The van der Waals surface area contributed by atoms with Gasteiger partial charge in [-0.2, -0.15) is 0 Å². The summed E-state index contributed by atoms with van der Waals surface area (Å²) in [5, 5.41) is 3.84. The molecule has 1 aliphatic rings. The van der Waals surface area contributed by atoms with Crippen molar-refractivity contribution in [2.75, 3.05) is 11.9 Å². The number of rotatable bonds is 5. The maximum Gasteiger partial charge on any atom is 0.341 e. The number of nitrogens with one attached hydrogen (secondary N) is 1. The van der Waals surface area contributed by atoms with E-state index in [4.69, 9.17) is 16.3 Å². The number of halogens is 1. The molecule has 1 heterocycles. The van der Waals surface area contributed by atoms with Gasteiger partial charge in [-0.05, 0) is 49.8 Å². The molecule has 0 saturated carbocycles. The molecule has 1 aromatic heterocycles. The second-order valence-corrected chi connectivity index (χ2v) is 7.89. The van der Waals surface area contributed by atoms with Crippen LogP contribution >= 0.6 is 22.9 Å². The number of esters is 1. The van der Waals surface area contributed by atoms with Crippen LogP contribution < -0.4 is 5.32 Å². The van der Waals surface area contributed by atoms with E-state index in [0.717, 1.165) is 31.2 Å². The molecule has 0 bridgehead atoms. The molecule has 0 spiro atoms. The highest BCUT2D eigenvalue weighted by Gasteiger charge is 2.30. The van der Waals surface area contributed by atoms with Crippen LogP contribution in [0.2, 0.25) is 5.02 Å². The van der Waals surface area contributed by atoms with E-state index in [0.29, 0.717) is 33.7 Å². The fourth-order valence-electron chi connectivity index (χ4n) is 3.33. The predicted molar refractivity (Wildman–Crippen MR) is 105 cm³/mol. The first kappa shape index (κ1) is 18.9. The first-order valence-corrected chi connectivity index (χ1v) is 10.1. The first-order valence-electron chi connectivity index (χ1n) is 8.92. The minimum atomic E-state index is -0.366. The number of benzene rings is 1. The maximum absolute atomic E-state index is 12.7. The van der Waals surface area contributed by atoms with E-state index in [9.17, 15) is 9.59 Å². The number of hydrogen-bond donors (Lipinski definition) is 1. The molecule has 0 radical (unpaired) electrons. The van der Waals surface area contributed by atoms with Crippen LogP contribution in [0.3, 0.4) is 0 Å².